The Kier molecular flexibility index (Phi) is 3.95. The molecule has 3 nitrogen and oxygen atoms in total. The third-order valence-electron chi connectivity index (χ3n) is 4.21. The Bertz CT molecular complexity index is 339. The molecule has 0 aliphatic carbocycles. The lowest BCUT2D eigenvalue weighted by Crippen LogP contribution is -2.61. The lowest BCUT2D eigenvalue weighted by molar-refractivity contribution is -0.360. The highest BCUT2D eigenvalue weighted by atomic mass is 16.7. The molecule has 0 radical (unpaired) electrons. The van der Waals surface area contributed by atoms with Crippen LogP contribution in [0.2, 0.25) is 0 Å². The van der Waals surface area contributed by atoms with Crippen LogP contribution in [0.15, 0.2) is 24.8 Å². The van der Waals surface area contributed by atoms with Gasteiger partial charge in [0.25, 0.3) is 0 Å². The lowest BCUT2D eigenvalue weighted by atomic mass is 9.75. The van der Waals surface area contributed by atoms with Gasteiger partial charge in [0, 0.05) is 18.9 Å². The summed E-state index contributed by atoms with van der Waals surface area (Å²) in [5.74, 6) is 0.122. The molecule has 0 amide bonds. The molecule has 0 aromatic rings. The van der Waals surface area contributed by atoms with Crippen molar-refractivity contribution in [1.29, 1.82) is 0 Å². The number of hydrogen-bond acceptors (Lipinski definition) is 3. The highest BCUT2D eigenvalue weighted by molar-refractivity contribution is 5.15. The largest absolute Gasteiger partial charge is 0.382 e. The van der Waals surface area contributed by atoms with Crippen LogP contribution in [0.1, 0.15) is 26.7 Å². The third kappa shape index (κ3) is 2.04. The van der Waals surface area contributed by atoms with E-state index in [4.69, 9.17) is 14.2 Å². The van der Waals surface area contributed by atoms with E-state index in [0.29, 0.717) is 18.4 Å². The summed E-state index contributed by atoms with van der Waals surface area (Å²) in [6.45, 7) is 12.8. The lowest BCUT2D eigenvalue weighted by Gasteiger charge is -2.53. The Labute approximate surface area is 110 Å². The average Bonchev–Trinajstić information content (AvgIpc) is 2.55. The summed E-state index contributed by atoms with van der Waals surface area (Å²) >= 11 is 0. The number of ether oxygens (including phenoxy) is 3. The van der Waals surface area contributed by atoms with Gasteiger partial charge in [-0.05, 0) is 25.8 Å². The first-order valence-electron chi connectivity index (χ1n) is 6.71. The van der Waals surface area contributed by atoms with E-state index < -0.39 is 5.79 Å². The first kappa shape index (κ1) is 13.8. The van der Waals surface area contributed by atoms with Crippen molar-refractivity contribution in [2.45, 2.75) is 44.7 Å². The van der Waals surface area contributed by atoms with E-state index in [9.17, 15) is 0 Å². The van der Waals surface area contributed by atoms with Gasteiger partial charge in [-0.3, -0.25) is 0 Å². The highest BCUT2D eigenvalue weighted by Gasteiger charge is 2.59. The second-order valence-electron chi connectivity index (χ2n) is 5.41. The Hall–Kier alpha value is -0.640. The molecule has 3 saturated heterocycles. The van der Waals surface area contributed by atoms with Crippen molar-refractivity contribution in [3.8, 4) is 0 Å². The summed E-state index contributed by atoms with van der Waals surface area (Å²) in [5.41, 5.74) is 1.17. The van der Waals surface area contributed by atoms with E-state index in [0.717, 1.165) is 12.8 Å². The monoisotopic (exact) mass is 252 g/mol. The molecule has 3 aliphatic heterocycles. The minimum absolute atomic E-state index is 0.0521. The quantitative estimate of drug-likeness (QED) is 0.704. The maximum atomic E-state index is 6.13. The first-order valence-corrected chi connectivity index (χ1v) is 6.71. The van der Waals surface area contributed by atoms with Gasteiger partial charge in [0.05, 0.1) is 18.8 Å². The Morgan fingerprint density at radius 2 is 2.22 bits per heavy atom. The number of fused-ring (bicyclic) bond motifs is 3. The highest BCUT2D eigenvalue weighted by Crippen LogP contribution is 2.52. The number of hydrogen-bond donors (Lipinski definition) is 0. The molecule has 0 aromatic carbocycles. The fraction of sp³-hybridized carbons (Fsp3) is 0.733. The molecule has 18 heavy (non-hydrogen) atoms. The van der Waals surface area contributed by atoms with Crippen LogP contribution in [0, 0.1) is 11.8 Å². The number of rotatable bonds is 5. The molecule has 5 atom stereocenters. The fourth-order valence-corrected chi connectivity index (χ4v) is 3.28. The van der Waals surface area contributed by atoms with Crippen molar-refractivity contribution in [3.63, 3.8) is 0 Å². The van der Waals surface area contributed by atoms with Crippen LogP contribution in [0.5, 0.6) is 0 Å². The van der Waals surface area contributed by atoms with Crippen LogP contribution in [-0.4, -0.2) is 31.7 Å². The minimum Gasteiger partial charge on any atom is -0.382 e. The second-order valence-corrected chi connectivity index (χ2v) is 5.41. The molecule has 3 fully saturated rings. The molecule has 5 unspecified atom stereocenters. The van der Waals surface area contributed by atoms with Crippen LogP contribution in [-0.2, 0) is 14.2 Å². The zero-order chi connectivity index (χ0) is 13.3. The van der Waals surface area contributed by atoms with Gasteiger partial charge >= 0.3 is 0 Å². The summed E-state index contributed by atoms with van der Waals surface area (Å²) in [7, 11) is 1.70. The van der Waals surface area contributed by atoms with Gasteiger partial charge in [0.1, 0.15) is 0 Å². The smallest absolute Gasteiger partial charge is 0.193 e. The Morgan fingerprint density at radius 1 is 1.50 bits per heavy atom. The summed E-state index contributed by atoms with van der Waals surface area (Å²) < 4.78 is 17.4. The van der Waals surface area contributed by atoms with E-state index in [1.165, 1.54) is 5.57 Å². The van der Waals surface area contributed by atoms with Gasteiger partial charge in [-0.2, -0.15) is 0 Å². The standard InChI is InChI=1S/C15H24O3/c1-6-13-14-12(10(3)4)8-11(9-16-5)17-15(13,7-2)18-14/h7,11-14H,2-3,6,8-9H2,1,4-5H3. The second kappa shape index (κ2) is 5.16. The van der Waals surface area contributed by atoms with Gasteiger partial charge in [-0.1, -0.05) is 25.7 Å². The van der Waals surface area contributed by atoms with Crippen LogP contribution < -0.4 is 0 Å². The summed E-state index contributed by atoms with van der Waals surface area (Å²) in [5, 5.41) is 0. The third-order valence-corrected chi connectivity index (χ3v) is 4.21. The van der Waals surface area contributed by atoms with Crippen molar-refractivity contribution in [3.05, 3.63) is 24.8 Å². The molecular weight excluding hydrogens is 228 g/mol. The molecule has 3 heteroatoms. The van der Waals surface area contributed by atoms with Gasteiger partial charge < -0.3 is 14.2 Å². The molecule has 2 bridgehead atoms. The Morgan fingerprint density at radius 3 is 2.72 bits per heavy atom. The predicted molar refractivity (Wildman–Crippen MR) is 71.3 cm³/mol. The zero-order valence-electron chi connectivity index (χ0n) is 11.6. The molecule has 0 N–H and O–H groups in total. The van der Waals surface area contributed by atoms with Crippen LogP contribution in [0.25, 0.3) is 0 Å². The fourth-order valence-electron chi connectivity index (χ4n) is 3.28. The van der Waals surface area contributed by atoms with E-state index >= 15 is 0 Å². The minimum atomic E-state index is -0.604. The van der Waals surface area contributed by atoms with Crippen LogP contribution in [0.3, 0.4) is 0 Å². The zero-order valence-corrected chi connectivity index (χ0v) is 11.6. The van der Waals surface area contributed by atoms with E-state index in [1.807, 2.05) is 0 Å². The van der Waals surface area contributed by atoms with Crippen molar-refractivity contribution in [2.24, 2.45) is 11.8 Å². The maximum Gasteiger partial charge on any atom is 0.193 e. The van der Waals surface area contributed by atoms with Gasteiger partial charge in [-0.15, -0.1) is 0 Å². The van der Waals surface area contributed by atoms with Crippen molar-refractivity contribution < 1.29 is 14.2 Å². The summed E-state index contributed by atoms with van der Waals surface area (Å²) in [6.07, 6.45) is 4.02. The van der Waals surface area contributed by atoms with Crippen LogP contribution in [0.4, 0.5) is 0 Å². The predicted octanol–water partition coefficient (Wildman–Crippen LogP) is 2.92. The molecule has 0 spiro atoms. The van der Waals surface area contributed by atoms with E-state index in [2.05, 4.69) is 27.0 Å². The molecule has 3 rings (SSSR count). The van der Waals surface area contributed by atoms with Crippen molar-refractivity contribution in [1.82, 2.24) is 0 Å². The molecular formula is C15H24O3. The van der Waals surface area contributed by atoms with Gasteiger partial charge in [-0.25, -0.2) is 0 Å². The van der Waals surface area contributed by atoms with Crippen molar-refractivity contribution in [2.75, 3.05) is 13.7 Å². The van der Waals surface area contributed by atoms with Gasteiger partial charge in [0.15, 0.2) is 5.79 Å². The summed E-state index contributed by atoms with van der Waals surface area (Å²) in [4.78, 5) is 0. The molecule has 102 valence electrons. The van der Waals surface area contributed by atoms with Crippen molar-refractivity contribution >= 4 is 0 Å². The SMILES string of the molecule is C=CC12OC(COC)CC(C(=C)C)C(O1)C2CC. The average molecular weight is 252 g/mol. The normalized spacial score (nSPS) is 42.8. The summed E-state index contributed by atoms with van der Waals surface area (Å²) in [6, 6.07) is 0. The molecule has 3 aliphatic rings. The molecule has 3 heterocycles. The van der Waals surface area contributed by atoms with E-state index in [1.54, 1.807) is 13.2 Å². The van der Waals surface area contributed by atoms with Gasteiger partial charge in [0.2, 0.25) is 0 Å². The maximum absolute atomic E-state index is 6.13. The topological polar surface area (TPSA) is 27.7 Å². The first-order chi connectivity index (χ1) is 8.57. The Balaban J connectivity index is 2.25. The van der Waals surface area contributed by atoms with Crippen LogP contribution >= 0.6 is 0 Å². The molecule has 0 aromatic heterocycles. The molecule has 0 saturated carbocycles. The van der Waals surface area contributed by atoms with E-state index in [-0.39, 0.29) is 12.2 Å². The number of methoxy groups -OCH3 is 1.